The SMILES string of the molecule is NC(N)=NCCC[C@@H](NC(=O)[C@H](Cc1ccc(O)cc1)N=C(N)N)C(=O)N[C@@H](Cc1ccccc1)C(=O)CNCCO. The number of ketones is 1. The third-order valence-corrected chi connectivity index (χ3v) is 6.13. The van der Waals surface area contributed by atoms with E-state index in [2.05, 4.69) is 25.9 Å². The first kappa shape index (κ1) is 33.5. The van der Waals surface area contributed by atoms with Gasteiger partial charge in [-0.3, -0.25) is 19.4 Å². The molecule has 0 unspecified atom stereocenters. The molecule has 42 heavy (non-hydrogen) atoms. The molecule has 0 aromatic heterocycles. The average Bonchev–Trinajstić information content (AvgIpc) is 2.95. The molecule has 0 saturated heterocycles. The second kappa shape index (κ2) is 17.9. The van der Waals surface area contributed by atoms with E-state index in [9.17, 15) is 19.5 Å². The standard InChI is InChI=1S/C28H41N9O5/c29-27(30)34-12-4-7-21(35-26(42)23(37-28(31)32)16-19-8-10-20(39)11-9-19)25(41)36-22(24(40)17-33-13-14-38)15-18-5-2-1-3-6-18/h1-3,5-6,8-11,21-23,33,38-39H,4,7,12-17H2,(H,35,42)(H,36,41)(H4,29,30,34)(H4,31,32,37)/t21-,22+,23+/m1/s1. The van der Waals surface area contributed by atoms with Crippen molar-refractivity contribution in [1.82, 2.24) is 16.0 Å². The predicted octanol–water partition coefficient (Wildman–Crippen LogP) is -2.01. The molecule has 0 saturated carbocycles. The molecule has 2 aromatic carbocycles. The highest BCUT2D eigenvalue weighted by Crippen LogP contribution is 2.13. The molecule has 2 rings (SSSR count). The lowest BCUT2D eigenvalue weighted by molar-refractivity contribution is -0.131. The van der Waals surface area contributed by atoms with Crippen molar-refractivity contribution < 1.29 is 24.6 Å². The van der Waals surface area contributed by atoms with Crippen LogP contribution in [0.3, 0.4) is 0 Å². The third kappa shape index (κ3) is 12.7. The van der Waals surface area contributed by atoms with Crippen LogP contribution in [0.15, 0.2) is 64.6 Å². The summed E-state index contributed by atoms with van der Waals surface area (Å²) in [5.74, 6) is -1.86. The molecule has 0 heterocycles. The molecule has 0 radical (unpaired) electrons. The summed E-state index contributed by atoms with van der Waals surface area (Å²) >= 11 is 0. The Hall–Kier alpha value is -4.69. The van der Waals surface area contributed by atoms with Crippen LogP contribution in [-0.4, -0.2) is 84.1 Å². The molecule has 0 spiro atoms. The van der Waals surface area contributed by atoms with E-state index in [1.54, 1.807) is 12.1 Å². The Bertz CT molecular complexity index is 1200. The molecule has 0 fully saturated rings. The number of amides is 2. The van der Waals surface area contributed by atoms with Crippen LogP contribution in [0.1, 0.15) is 24.0 Å². The molecule has 13 N–H and O–H groups in total. The van der Waals surface area contributed by atoms with Crippen molar-refractivity contribution in [1.29, 1.82) is 0 Å². The van der Waals surface area contributed by atoms with Crippen molar-refractivity contribution in [2.45, 2.75) is 43.8 Å². The summed E-state index contributed by atoms with van der Waals surface area (Å²) in [6, 6.07) is 12.3. The van der Waals surface area contributed by atoms with Gasteiger partial charge in [-0.25, -0.2) is 4.99 Å². The number of phenolic OH excluding ortho intramolecular Hbond substituents is 1. The van der Waals surface area contributed by atoms with Gasteiger partial charge >= 0.3 is 0 Å². The number of nitrogens with one attached hydrogen (secondary N) is 3. The summed E-state index contributed by atoms with van der Waals surface area (Å²) in [6.07, 6.45) is 0.810. The van der Waals surface area contributed by atoms with Crippen LogP contribution < -0.4 is 38.9 Å². The van der Waals surface area contributed by atoms with Crippen molar-refractivity contribution in [3.8, 4) is 5.75 Å². The van der Waals surface area contributed by atoms with Crippen molar-refractivity contribution in [3.63, 3.8) is 0 Å². The van der Waals surface area contributed by atoms with Gasteiger partial charge in [0.25, 0.3) is 0 Å². The normalized spacial score (nSPS) is 12.8. The van der Waals surface area contributed by atoms with Gasteiger partial charge < -0.3 is 49.1 Å². The van der Waals surface area contributed by atoms with Gasteiger partial charge in [0, 0.05) is 19.5 Å². The number of rotatable bonds is 18. The largest absolute Gasteiger partial charge is 0.508 e. The first-order chi connectivity index (χ1) is 20.1. The Morgan fingerprint density at radius 3 is 2.07 bits per heavy atom. The molecule has 14 nitrogen and oxygen atoms in total. The molecular formula is C28H41N9O5. The maximum Gasteiger partial charge on any atom is 0.245 e. The van der Waals surface area contributed by atoms with E-state index in [0.29, 0.717) is 12.0 Å². The van der Waals surface area contributed by atoms with Gasteiger partial charge in [0.2, 0.25) is 11.8 Å². The monoisotopic (exact) mass is 583 g/mol. The number of aliphatic imine (C=N–C) groups is 2. The summed E-state index contributed by atoms with van der Waals surface area (Å²) in [5, 5.41) is 27.0. The van der Waals surface area contributed by atoms with Crippen LogP contribution >= 0.6 is 0 Å². The maximum absolute atomic E-state index is 13.5. The number of aromatic hydroxyl groups is 1. The van der Waals surface area contributed by atoms with Crippen molar-refractivity contribution in [2.75, 3.05) is 26.2 Å². The van der Waals surface area contributed by atoms with Gasteiger partial charge in [-0.15, -0.1) is 0 Å². The van der Waals surface area contributed by atoms with Gasteiger partial charge in [-0.2, -0.15) is 0 Å². The molecule has 14 heteroatoms. The van der Waals surface area contributed by atoms with Crippen LogP contribution in [0, 0.1) is 0 Å². The Labute approximate surface area is 244 Å². The summed E-state index contributed by atoms with van der Waals surface area (Å²) in [7, 11) is 0. The number of carbonyl (C=O) groups excluding carboxylic acids is 3. The zero-order valence-electron chi connectivity index (χ0n) is 23.4. The number of hydrogen-bond donors (Lipinski definition) is 9. The highest BCUT2D eigenvalue weighted by Gasteiger charge is 2.29. The minimum Gasteiger partial charge on any atom is -0.508 e. The van der Waals surface area contributed by atoms with E-state index in [0.717, 1.165) is 5.56 Å². The lowest BCUT2D eigenvalue weighted by atomic mass is 10.0. The van der Waals surface area contributed by atoms with Crippen molar-refractivity contribution in [2.24, 2.45) is 32.9 Å². The quantitative estimate of drug-likeness (QED) is 0.0529. The second-order valence-electron chi connectivity index (χ2n) is 9.57. The fraction of sp³-hybridized carbons (Fsp3) is 0.393. The number of guanidine groups is 2. The van der Waals surface area contributed by atoms with E-state index < -0.39 is 29.9 Å². The maximum atomic E-state index is 13.5. The van der Waals surface area contributed by atoms with E-state index in [4.69, 9.17) is 28.0 Å². The van der Waals surface area contributed by atoms with Crippen LogP contribution in [0.5, 0.6) is 5.75 Å². The van der Waals surface area contributed by atoms with Crippen LogP contribution in [0.25, 0.3) is 0 Å². The summed E-state index contributed by atoms with van der Waals surface area (Å²) in [5.41, 5.74) is 23.5. The molecule has 0 aliphatic carbocycles. The molecular weight excluding hydrogens is 542 g/mol. The van der Waals surface area contributed by atoms with Gasteiger partial charge in [-0.1, -0.05) is 42.5 Å². The molecule has 0 bridgehead atoms. The fourth-order valence-electron chi connectivity index (χ4n) is 4.05. The number of nitrogens with zero attached hydrogens (tertiary/aromatic N) is 2. The van der Waals surface area contributed by atoms with Gasteiger partial charge in [0.05, 0.1) is 19.2 Å². The third-order valence-electron chi connectivity index (χ3n) is 6.13. The number of Topliss-reactive ketones (excluding diaryl/α,β-unsaturated/α-hetero) is 1. The zero-order chi connectivity index (χ0) is 30.9. The van der Waals surface area contributed by atoms with E-state index in [1.807, 2.05) is 30.3 Å². The average molecular weight is 584 g/mol. The number of aliphatic hydroxyl groups excluding tert-OH is 1. The van der Waals surface area contributed by atoms with Gasteiger partial charge in [0.1, 0.15) is 17.8 Å². The topological polar surface area (TPSA) is 257 Å². The summed E-state index contributed by atoms with van der Waals surface area (Å²) in [6.45, 7) is 0.214. The molecule has 0 aliphatic heterocycles. The van der Waals surface area contributed by atoms with Crippen molar-refractivity contribution in [3.05, 3.63) is 65.7 Å². The zero-order valence-corrected chi connectivity index (χ0v) is 23.4. The van der Waals surface area contributed by atoms with E-state index in [1.165, 1.54) is 12.1 Å². The number of nitrogens with two attached hydrogens (primary N) is 4. The highest BCUT2D eigenvalue weighted by atomic mass is 16.3. The van der Waals surface area contributed by atoms with E-state index in [-0.39, 0.29) is 69.0 Å². The lowest BCUT2D eigenvalue weighted by Gasteiger charge is -2.24. The summed E-state index contributed by atoms with van der Waals surface area (Å²) < 4.78 is 0. The Morgan fingerprint density at radius 1 is 0.810 bits per heavy atom. The molecule has 2 amide bonds. The summed E-state index contributed by atoms with van der Waals surface area (Å²) in [4.78, 5) is 47.9. The number of phenols is 1. The minimum absolute atomic E-state index is 0.0604. The Morgan fingerprint density at radius 2 is 1.45 bits per heavy atom. The van der Waals surface area contributed by atoms with Crippen LogP contribution in [-0.2, 0) is 27.2 Å². The number of aliphatic hydroxyl groups is 1. The van der Waals surface area contributed by atoms with E-state index >= 15 is 0 Å². The van der Waals surface area contributed by atoms with Gasteiger partial charge in [0.15, 0.2) is 17.7 Å². The molecule has 2 aromatic rings. The smallest absolute Gasteiger partial charge is 0.245 e. The first-order valence-corrected chi connectivity index (χ1v) is 13.5. The Balaban J connectivity index is 2.26. The second-order valence-corrected chi connectivity index (χ2v) is 9.57. The molecule has 0 aliphatic rings. The molecule has 228 valence electrons. The molecule has 3 atom stereocenters. The number of hydrogen-bond acceptors (Lipinski definition) is 8. The number of carbonyl (C=O) groups is 3. The Kier molecular flexibility index (Phi) is 14.3. The highest BCUT2D eigenvalue weighted by molar-refractivity contribution is 5.95. The van der Waals surface area contributed by atoms with Crippen LogP contribution in [0.4, 0.5) is 0 Å². The fourth-order valence-corrected chi connectivity index (χ4v) is 4.05. The van der Waals surface area contributed by atoms with Crippen LogP contribution in [0.2, 0.25) is 0 Å². The number of benzene rings is 2. The first-order valence-electron chi connectivity index (χ1n) is 13.5. The minimum atomic E-state index is -1.07. The van der Waals surface area contributed by atoms with Gasteiger partial charge in [-0.05, 0) is 42.5 Å². The lowest BCUT2D eigenvalue weighted by Crippen LogP contribution is -2.55. The van der Waals surface area contributed by atoms with Crippen molar-refractivity contribution >= 4 is 29.5 Å². The predicted molar refractivity (Wildman–Crippen MR) is 160 cm³/mol.